The predicted molar refractivity (Wildman–Crippen MR) is 254 cm³/mol. The van der Waals surface area contributed by atoms with Crippen LogP contribution in [0.1, 0.15) is 138 Å². The average Bonchev–Trinajstić information content (AvgIpc) is 3.73. The lowest BCUT2D eigenvalue weighted by atomic mass is 9.98. The van der Waals surface area contributed by atoms with Gasteiger partial charge in [0.1, 0.15) is 11.2 Å². The van der Waals surface area contributed by atoms with Crippen LogP contribution < -0.4 is 0 Å². The Morgan fingerprint density at radius 1 is 0.625 bits per heavy atom. The SMILES string of the molecule is C=CCn1c2c(c3cc(C(=O)N4CCC(C)CC4)ccc31)CN(C(=O)OC(C)(C)C)CC2.CCCn1c2c(c3cc(C(=O)N4CCC(C)CC4)ccc31)CN(C(=O)OC(C)(C)C)CC2. The molecule has 2 saturated heterocycles. The fraction of sp³-hybridized carbons (Fsp3) is 0.577. The summed E-state index contributed by atoms with van der Waals surface area (Å²) in [4.78, 5) is 59.4. The Bertz CT molecular complexity index is 2380. The lowest BCUT2D eigenvalue weighted by Gasteiger charge is -2.31. The van der Waals surface area contributed by atoms with Crippen LogP contribution in [0.5, 0.6) is 0 Å². The van der Waals surface area contributed by atoms with Gasteiger partial charge in [0, 0.05) is 121 Å². The molecular formula is C52H72N6O6. The van der Waals surface area contributed by atoms with Crippen LogP contribution in [0.4, 0.5) is 9.59 Å². The van der Waals surface area contributed by atoms with Crippen molar-refractivity contribution in [1.29, 1.82) is 0 Å². The number of hydrogen-bond acceptors (Lipinski definition) is 6. The number of amides is 4. The molecule has 0 atom stereocenters. The van der Waals surface area contributed by atoms with Crippen molar-refractivity contribution in [2.75, 3.05) is 39.3 Å². The Balaban J connectivity index is 0.000000191. The molecule has 4 aliphatic rings. The molecule has 2 aromatic heterocycles. The molecule has 4 aliphatic heterocycles. The third-order valence-electron chi connectivity index (χ3n) is 13.2. The first-order valence-corrected chi connectivity index (χ1v) is 23.8. The number of fused-ring (bicyclic) bond motifs is 6. The Morgan fingerprint density at radius 3 is 1.42 bits per heavy atom. The fourth-order valence-corrected chi connectivity index (χ4v) is 9.74. The zero-order valence-corrected chi connectivity index (χ0v) is 40.1. The molecule has 2 fully saturated rings. The Morgan fingerprint density at radius 2 is 1.03 bits per heavy atom. The molecule has 0 aliphatic carbocycles. The van der Waals surface area contributed by atoms with Crippen LogP contribution in [0, 0.1) is 11.8 Å². The van der Waals surface area contributed by atoms with Gasteiger partial charge in [-0.25, -0.2) is 9.59 Å². The maximum atomic E-state index is 13.2. The van der Waals surface area contributed by atoms with E-state index in [9.17, 15) is 19.2 Å². The lowest BCUT2D eigenvalue weighted by molar-refractivity contribution is 0.0213. The van der Waals surface area contributed by atoms with Crippen molar-refractivity contribution >= 4 is 45.8 Å². The molecule has 4 aromatic rings. The Labute approximate surface area is 380 Å². The molecule has 0 radical (unpaired) electrons. The maximum absolute atomic E-state index is 13.2. The summed E-state index contributed by atoms with van der Waals surface area (Å²) in [7, 11) is 0. The van der Waals surface area contributed by atoms with Gasteiger partial charge in [0.15, 0.2) is 0 Å². The first kappa shape index (κ1) is 46.7. The number of nitrogens with zero attached hydrogens (tertiary/aromatic N) is 6. The van der Waals surface area contributed by atoms with Crippen molar-refractivity contribution in [3.8, 4) is 0 Å². The summed E-state index contributed by atoms with van der Waals surface area (Å²) in [6.45, 7) is 29.2. The van der Waals surface area contributed by atoms with Gasteiger partial charge in [-0.3, -0.25) is 9.59 Å². The van der Waals surface area contributed by atoms with Gasteiger partial charge in [0.2, 0.25) is 0 Å². The summed E-state index contributed by atoms with van der Waals surface area (Å²) in [5, 5.41) is 2.14. The molecule has 346 valence electrons. The van der Waals surface area contributed by atoms with E-state index in [1.54, 1.807) is 9.80 Å². The highest BCUT2D eigenvalue weighted by atomic mass is 16.6. The van der Waals surface area contributed by atoms with Gasteiger partial charge >= 0.3 is 12.2 Å². The summed E-state index contributed by atoms with van der Waals surface area (Å²) in [6, 6.07) is 12.1. The smallest absolute Gasteiger partial charge is 0.410 e. The summed E-state index contributed by atoms with van der Waals surface area (Å²) in [6.07, 6.45) is 8.19. The van der Waals surface area contributed by atoms with Crippen molar-refractivity contribution in [1.82, 2.24) is 28.7 Å². The molecule has 0 saturated carbocycles. The van der Waals surface area contributed by atoms with Crippen molar-refractivity contribution < 1.29 is 28.7 Å². The Hall–Kier alpha value is -5.26. The van der Waals surface area contributed by atoms with Gasteiger partial charge in [-0.1, -0.05) is 26.8 Å². The van der Waals surface area contributed by atoms with E-state index in [1.165, 1.54) is 11.4 Å². The van der Waals surface area contributed by atoms with Gasteiger partial charge < -0.3 is 38.2 Å². The number of aryl methyl sites for hydroxylation is 1. The first-order valence-electron chi connectivity index (χ1n) is 23.8. The van der Waals surface area contributed by atoms with E-state index in [-0.39, 0.29) is 24.0 Å². The number of benzene rings is 2. The summed E-state index contributed by atoms with van der Waals surface area (Å²) in [5.74, 6) is 1.59. The first-order chi connectivity index (χ1) is 30.3. The number of ether oxygens (including phenoxy) is 2. The molecule has 8 rings (SSSR count). The molecule has 4 amide bonds. The minimum atomic E-state index is -0.528. The second-order valence-electron chi connectivity index (χ2n) is 20.6. The maximum Gasteiger partial charge on any atom is 0.410 e. The van der Waals surface area contributed by atoms with Gasteiger partial charge in [-0.15, -0.1) is 6.58 Å². The number of aromatic nitrogens is 2. The quantitative estimate of drug-likeness (QED) is 0.179. The largest absolute Gasteiger partial charge is 0.444 e. The zero-order chi connectivity index (χ0) is 46.1. The third kappa shape index (κ3) is 10.3. The molecule has 0 spiro atoms. The van der Waals surface area contributed by atoms with Crippen LogP contribution in [0.25, 0.3) is 21.8 Å². The van der Waals surface area contributed by atoms with Crippen molar-refractivity contribution in [2.45, 2.75) is 145 Å². The van der Waals surface area contributed by atoms with Gasteiger partial charge in [-0.05, 0) is 122 Å². The number of hydrogen-bond donors (Lipinski definition) is 0. The van der Waals surface area contributed by atoms with Crippen molar-refractivity contribution in [3.05, 3.63) is 82.7 Å². The van der Waals surface area contributed by atoms with Crippen LogP contribution in [0.15, 0.2) is 49.1 Å². The molecule has 12 heteroatoms. The van der Waals surface area contributed by atoms with Crippen LogP contribution in [-0.4, -0.2) is 103 Å². The summed E-state index contributed by atoms with van der Waals surface area (Å²) < 4.78 is 15.9. The van der Waals surface area contributed by atoms with Gasteiger partial charge in [0.05, 0.1) is 13.1 Å². The molecule has 12 nitrogen and oxygen atoms in total. The van der Waals surface area contributed by atoms with Crippen molar-refractivity contribution in [3.63, 3.8) is 0 Å². The highest BCUT2D eigenvalue weighted by molar-refractivity contribution is 6.00. The van der Waals surface area contributed by atoms with Crippen LogP contribution in [0.2, 0.25) is 0 Å². The number of carbonyl (C=O) groups excluding carboxylic acids is 4. The second kappa shape index (κ2) is 19.1. The van der Waals surface area contributed by atoms with Crippen LogP contribution >= 0.6 is 0 Å². The third-order valence-corrected chi connectivity index (χ3v) is 13.2. The van der Waals surface area contributed by atoms with E-state index in [1.807, 2.05) is 75.6 Å². The number of carbonyl (C=O) groups is 4. The van der Waals surface area contributed by atoms with Crippen LogP contribution in [-0.2, 0) is 48.5 Å². The summed E-state index contributed by atoms with van der Waals surface area (Å²) in [5.41, 5.74) is 7.45. The predicted octanol–water partition coefficient (Wildman–Crippen LogP) is 10.2. The standard InChI is InChI=1S/C26H37N3O3.C26H35N3O3/c2*1-6-12-29-22-8-7-19(24(30)27-13-9-18(2)10-14-27)16-20(22)21-17-28(15-11-23(21)29)25(31)32-26(3,4)5/h7-8,16,18H,6,9-15,17H2,1-5H3;6-8,16,18H,1,9-15,17H2,2-5H3. The van der Waals surface area contributed by atoms with E-state index < -0.39 is 11.2 Å². The molecule has 0 bridgehead atoms. The minimum Gasteiger partial charge on any atom is -0.444 e. The van der Waals surface area contributed by atoms with E-state index in [0.29, 0.717) is 44.6 Å². The van der Waals surface area contributed by atoms with E-state index >= 15 is 0 Å². The molecule has 2 aromatic carbocycles. The topological polar surface area (TPSA) is 110 Å². The second-order valence-corrected chi connectivity index (χ2v) is 20.6. The number of piperidine rings is 2. The Kier molecular flexibility index (Phi) is 13.9. The molecule has 6 heterocycles. The van der Waals surface area contributed by atoms with Crippen molar-refractivity contribution in [2.24, 2.45) is 11.8 Å². The van der Waals surface area contributed by atoms with E-state index in [4.69, 9.17) is 9.47 Å². The van der Waals surface area contributed by atoms with Gasteiger partial charge in [0.25, 0.3) is 11.8 Å². The number of allylic oxidation sites excluding steroid dienone is 1. The lowest BCUT2D eigenvalue weighted by Crippen LogP contribution is -2.40. The molecule has 64 heavy (non-hydrogen) atoms. The zero-order valence-electron chi connectivity index (χ0n) is 40.1. The molecule has 0 N–H and O–H groups in total. The van der Waals surface area contributed by atoms with Crippen LogP contribution in [0.3, 0.4) is 0 Å². The fourth-order valence-electron chi connectivity index (χ4n) is 9.74. The normalized spacial score (nSPS) is 17.5. The number of likely N-dealkylation sites (tertiary alicyclic amines) is 2. The van der Waals surface area contributed by atoms with E-state index in [0.717, 1.165) is 122 Å². The monoisotopic (exact) mass is 877 g/mol. The average molecular weight is 877 g/mol. The van der Waals surface area contributed by atoms with Gasteiger partial charge in [-0.2, -0.15) is 0 Å². The highest BCUT2D eigenvalue weighted by Crippen LogP contribution is 2.35. The minimum absolute atomic E-state index is 0.101. The highest BCUT2D eigenvalue weighted by Gasteiger charge is 2.32. The summed E-state index contributed by atoms with van der Waals surface area (Å²) >= 11 is 0. The molecular weight excluding hydrogens is 805 g/mol. The molecule has 0 unspecified atom stereocenters. The van der Waals surface area contributed by atoms with E-state index in [2.05, 4.69) is 54.7 Å². The number of rotatable bonds is 6.